The van der Waals surface area contributed by atoms with E-state index in [2.05, 4.69) is 0 Å². The summed E-state index contributed by atoms with van der Waals surface area (Å²) < 4.78 is 10.4. The van der Waals surface area contributed by atoms with Gasteiger partial charge in [-0.3, -0.25) is 0 Å². The highest BCUT2D eigenvalue weighted by Crippen LogP contribution is 2.25. The van der Waals surface area contributed by atoms with Gasteiger partial charge in [0.2, 0.25) is 0 Å². The lowest BCUT2D eigenvalue weighted by molar-refractivity contribution is 0.178. The second kappa shape index (κ2) is 6.44. The fraction of sp³-hybridized carbons (Fsp3) is 0.294. The first-order valence-corrected chi connectivity index (χ1v) is 6.59. The number of aryl methyl sites for hydroxylation is 1. The number of rotatable bonds is 5. The third-order valence-corrected chi connectivity index (χ3v) is 3.39. The maximum absolute atomic E-state index is 10.3. The van der Waals surface area contributed by atoms with Crippen LogP contribution < -0.4 is 9.47 Å². The average molecular weight is 272 g/mol. The van der Waals surface area contributed by atoms with Crippen molar-refractivity contribution in [2.75, 3.05) is 14.2 Å². The summed E-state index contributed by atoms with van der Waals surface area (Å²) in [7, 11) is 3.29. The number of hydrogen-bond donors (Lipinski definition) is 1. The Balaban J connectivity index is 2.10. The summed E-state index contributed by atoms with van der Waals surface area (Å²) in [4.78, 5) is 0. The van der Waals surface area contributed by atoms with Crippen molar-refractivity contribution in [3.05, 3.63) is 59.2 Å². The van der Waals surface area contributed by atoms with Gasteiger partial charge >= 0.3 is 0 Å². The van der Waals surface area contributed by atoms with E-state index in [-0.39, 0.29) is 0 Å². The Morgan fingerprint density at radius 3 is 2.25 bits per heavy atom. The molecule has 0 aliphatic rings. The second-order valence-corrected chi connectivity index (χ2v) is 4.80. The largest absolute Gasteiger partial charge is 0.497 e. The lowest BCUT2D eigenvalue weighted by atomic mass is 9.99. The molecule has 0 heterocycles. The summed E-state index contributed by atoms with van der Waals surface area (Å²) in [5, 5.41) is 10.3. The van der Waals surface area contributed by atoms with Crippen molar-refractivity contribution in [1.29, 1.82) is 0 Å². The second-order valence-electron chi connectivity index (χ2n) is 4.80. The van der Waals surface area contributed by atoms with Crippen LogP contribution in [0.2, 0.25) is 0 Å². The minimum atomic E-state index is -0.520. The molecule has 1 atom stereocenters. The molecular formula is C17H20O3. The Kier molecular flexibility index (Phi) is 4.64. The van der Waals surface area contributed by atoms with Gasteiger partial charge in [-0.25, -0.2) is 0 Å². The molecule has 0 spiro atoms. The molecule has 0 bridgehead atoms. The Morgan fingerprint density at radius 1 is 1.00 bits per heavy atom. The van der Waals surface area contributed by atoms with Crippen LogP contribution in [0, 0.1) is 6.92 Å². The van der Waals surface area contributed by atoms with Crippen molar-refractivity contribution >= 4 is 0 Å². The van der Waals surface area contributed by atoms with E-state index < -0.39 is 6.10 Å². The quantitative estimate of drug-likeness (QED) is 0.907. The van der Waals surface area contributed by atoms with E-state index in [1.807, 2.05) is 49.4 Å². The van der Waals surface area contributed by atoms with Crippen LogP contribution in [0.5, 0.6) is 11.5 Å². The van der Waals surface area contributed by atoms with E-state index >= 15 is 0 Å². The molecule has 106 valence electrons. The van der Waals surface area contributed by atoms with Gasteiger partial charge in [0, 0.05) is 6.42 Å². The summed E-state index contributed by atoms with van der Waals surface area (Å²) in [5.74, 6) is 1.66. The molecular weight excluding hydrogens is 252 g/mol. The summed E-state index contributed by atoms with van der Waals surface area (Å²) in [6, 6.07) is 13.5. The van der Waals surface area contributed by atoms with Gasteiger partial charge in [-0.1, -0.05) is 18.2 Å². The first kappa shape index (κ1) is 14.4. The molecule has 0 aromatic heterocycles. The maximum atomic E-state index is 10.3. The normalized spacial score (nSPS) is 12.0. The fourth-order valence-corrected chi connectivity index (χ4v) is 2.21. The summed E-state index contributed by atoms with van der Waals surface area (Å²) in [5.41, 5.74) is 3.00. The van der Waals surface area contributed by atoms with E-state index in [1.165, 1.54) is 0 Å². The molecule has 20 heavy (non-hydrogen) atoms. The number of hydrogen-bond acceptors (Lipinski definition) is 3. The van der Waals surface area contributed by atoms with Crippen LogP contribution in [-0.4, -0.2) is 19.3 Å². The molecule has 2 aromatic carbocycles. The van der Waals surface area contributed by atoms with Gasteiger partial charge in [-0.05, 0) is 47.9 Å². The van der Waals surface area contributed by atoms with E-state index in [0.717, 1.165) is 28.2 Å². The molecule has 0 fully saturated rings. The van der Waals surface area contributed by atoms with Crippen molar-refractivity contribution in [3.8, 4) is 11.5 Å². The van der Waals surface area contributed by atoms with E-state index in [4.69, 9.17) is 9.47 Å². The summed E-state index contributed by atoms with van der Waals surface area (Å²) >= 11 is 0. The molecule has 2 rings (SSSR count). The van der Waals surface area contributed by atoms with Crippen molar-refractivity contribution in [2.24, 2.45) is 0 Å². The highest BCUT2D eigenvalue weighted by atomic mass is 16.5. The Labute approximate surface area is 119 Å². The zero-order valence-corrected chi connectivity index (χ0v) is 12.1. The van der Waals surface area contributed by atoms with Gasteiger partial charge in [0.1, 0.15) is 11.5 Å². The molecule has 0 saturated heterocycles. The average Bonchev–Trinajstić information content (AvgIpc) is 2.48. The molecule has 1 N–H and O–H groups in total. The highest BCUT2D eigenvalue weighted by Gasteiger charge is 2.10. The number of aliphatic hydroxyl groups excluding tert-OH is 1. The zero-order valence-electron chi connectivity index (χ0n) is 12.1. The number of methoxy groups -OCH3 is 2. The minimum absolute atomic E-state index is 0.520. The predicted octanol–water partition coefficient (Wildman–Crippen LogP) is 3.29. The van der Waals surface area contributed by atoms with Gasteiger partial charge in [-0.15, -0.1) is 0 Å². The summed E-state index contributed by atoms with van der Waals surface area (Å²) in [6.07, 6.45) is 0.0588. The third-order valence-electron chi connectivity index (χ3n) is 3.39. The van der Waals surface area contributed by atoms with Gasteiger partial charge in [-0.2, -0.15) is 0 Å². The first-order valence-electron chi connectivity index (χ1n) is 6.59. The molecule has 0 amide bonds. The van der Waals surface area contributed by atoms with Crippen molar-refractivity contribution in [3.63, 3.8) is 0 Å². The minimum Gasteiger partial charge on any atom is -0.497 e. The van der Waals surface area contributed by atoms with Crippen LogP contribution in [0.25, 0.3) is 0 Å². The topological polar surface area (TPSA) is 38.7 Å². The highest BCUT2D eigenvalue weighted by molar-refractivity contribution is 5.37. The standard InChI is InChI=1S/C17H20O3/c1-12-10-14(6-9-17(12)20-3)16(18)11-13-4-7-15(19-2)8-5-13/h4-10,16,18H,11H2,1-3H3. The van der Waals surface area contributed by atoms with E-state index in [0.29, 0.717) is 6.42 Å². The Bertz CT molecular complexity index is 561. The smallest absolute Gasteiger partial charge is 0.121 e. The van der Waals surface area contributed by atoms with Crippen LogP contribution in [0.15, 0.2) is 42.5 Å². The number of ether oxygens (including phenoxy) is 2. The zero-order chi connectivity index (χ0) is 14.5. The van der Waals surface area contributed by atoms with Gasteiger partial charge in [0.25, 0.3) is 0 Å². The van der Waals surface area contributed by atoms with Crippen molar-refractivity contribution in [2.45, 2.75) is 19.4 Å². The monoisotopic (exact) mass is 272 g/mol. The third kappa shape index (κ3) is 3.31. The van der Waals surface area contributed by atoms with Crippen LogP contribution in [0.4, 0.5) is 0 Å². The van der Waals surface area contributed by atoms with Gasteiger partial charge in [0.15, 0.2) is 0 Å². The molecule has 2 aromatic rings. The molecule has 3 nitrogen and oxygen atoms in total. The number of aliphatic hydroxyl groups is 1. The molecule has 1 unspecified atom stereocenters. The van der Waals surface area contributed by atoms with E-state index in [1.54, 1.807) is 14.2 Å². The van der Waals surface area contributed by atoms with Crippen molar-refractivity contribution < 1.29 is 14.6 Å². The molecule has 0 saturated carbocycles. The van der Waals surface area contributed by atoms with E-state index in [9.17, 15) is 5.11 Å². The van der Waals surface area contributed by atoms with Crippen LogP contribution >= 0.6 is 0 Å². The van der Waals surface area contributed by atoms with Crippen molar-refractivity contribution in [1.82, 2.24) is 0 Å². The molecule has 0 radical (unpaired) electrons. The SMILES string of the molecule is COc1ccc(CC(O)c2ccc(OC)c(C)c2)cc1. The van der Waals surface area contributed by atoms with Crippen LogP contribution in [0.1, 0.15) is 22.8 Å². The molecule has 0 aliphatic heterocycles. The van der Waals surface area contributed by atoms with Crippen LogP contribution in [0.3, 0.4) is 0 Å². The Hall–Kier alpha value is -2.00. The molecule has 0 aliphatic carbocycles. The lowest BCUT2D eigenvalue weighted by Crippen LogP contribution is -2.02. The van der Waals surface area contributed by atoms with Gasteiger partial charge in [0.05, 0.1) is 20.3 Å². The fourth-order valence-electron chi connectivity index (χ4n) is 2.21. The first-order chi connectivity index (χ1) is 9.63. The van der Waals surface area contributed by atoms with Crippen LogP contribution in [-0.2, 0) is 6.42 Å². The summed E-state index contributed by atoms with van der Waals surface area (Å²) in [6.45, 7) is 1.97. The lowest BCUT2D eigenvalue weighted by Gasteiger charge is -2.13. The maximum Gasteiger partial charge on any atom is 0.121 e. The molecule has 3 heteroatoms. The Morgan fingerprint density at radius 2 is 1.70 bits per heavy atom. The number of benzene rings is 2. The van der Waals surface area contributed by atoms with Gasteiger partial charge < -0.3 is 14.6 Å². The predicted molar refractivity (Wildman–Crippen MR) is 79.4 cm³/mol.